The van der Waals surface area contributed by atoms with Gasteiger partial charge in [-0.25, -0.2) is 4.52 Å². The van der Waals surface area contributed by atoms with E-state index in [-0.39, 0.29) is 23.4 Å². The van der Waals surface area contributed by atoms with Gasteiger partial charge in [-0.3, -0.25) is 9.78 Å². The lowest BCUT2D eigenvalue weighted by molar-refractivity contribution is -0.136. The first-order valence-corrected chi connectivity index (χ1v) is 16.3. The fraction of sp³-hybridized carbons (Fsp3) is 0.500. The van der Waals surface area contributed by atoms with Gasteiger partial charge in [-0.05, 0) is 75.6 Å². The smallest absolute Gasteiger partial charge is 0.226 e. The first-order chi connectivity index (χ1) is 21.3. The van der Waals surface area contributed by atoms with Gasteiger partial charge >= 0.3 is 0 Å². The van der Waals surface area contributed by atoms with Crippen molar-refractivity contribution in [2.75, 3.05) is 36.5 Å². The van der Waals surface area contributed by atoms with Crippen LogP contribution >= 0.6 is 11.3 Å². The number of carbonyl (C=O) groups is 1. The summed E-state index contributed by atoms with van der Waals surface area (Å²) in [4.78, 5) is 20.4. The average molecular weight is 612 g/mol. The van der Waals surface area contributed by atoms with Crippen molar-refractivity contribution in [1.29, 1.82) is 5.26 Å². The number of anilines is 2. The van der Waals surface area contributed by atoms with Gasteiger partial charge in [0.1, 0.15) is 6.07 Å². The second kappa shape index (κ2) is 11.4. The Morgan fingerprint density at radius 3 is 2.64 bits per heavy atom. The van der Waals surface area contributed by atoms with Gasteiger partial charge in [0, 0.05) is 50.3 Å². The van der Waals surface area contributed by atoms with Gasteiger partial charge in [0.2, 0.25) is 11.0 Å². The van der Waals surface area contributed by atoms with Crippen molar-refractivity contribution in [3.63, 3.8) is 0 Å². The van der Waals surface area contributed by atoms with Crippen molar-refractivity contribution < 1.29 is 9.53 Å². The summed E-state index contributed by atoms with van der Waals surface area (Å²) in [5.74, 6) is 0.996. The molecule has 3 fully saturated rings. The number of amides is 1. The molecule has 228 valence electrons. The highest BCUT2D eigenvalue weighted by Crippen LogP contribution is 2.42. The molecular formula is C32H37N9O2S. The van der Waals surface area contributed by atoms with E-state index in [1.54, 1.807) is 22.0 Å². The molecule has 3 aliphatic rings. The molecule has 2 saturated heterocycles. The van der Waals surface area contributed by atoms with Crippen LogP contribution in [0.1, 0.15) is 52.0 Å². The number of aromatic nitrogens is 5. The Hall–Kier alpha value is -4.08. The van der Waals surface area contributed by atoms with Crippen LogP contribution in [0.15, 0.2) is 36.7 Å². The number of nitrogens with zero attached hydrogens (tertiary/aromatic N) is 7. The van der Waals surface area contributed by atoms with Gasteiger partial charge in [0.15, 0.2) is 5.01 Å². The van der Waals surface area contributed by atoms with E-state index >= 15 is 0 Å². The lowest BCUT2D eigenvalue weighted by Gasteiger charge is -2.40. The minimum absolute atomic E-state index is 0.186. The summed E-state index contributed by atoms with van der Waals surface area (Å²) in [6.45, 7) is 9.34. The molecule has 0 spiro atoms. The topological polar surface area (TPSA) is 133 Å². The number of nitrogens with one attached hydrogen (secondary N) is 2. The Labute approximate surface area is 260 Å². The van der Waals surface area contributed by atoms with E-state index in [2.05, 4.69) is 57.7 Å². The molecule has 1 saturated carbocycles. The maximum absolute atomic E-state index is 13.3. The monoisotopic (exact) mass is 611 g/mol. The molecule has 0 aromatic carbocycles. The largest absolute Gasteiger partial charge is 0.382 e. The predicted octanol–water partition coefficient (Wildman–Crippen LogP) is 4.75. The summed E-state index contributed by atoms with van der Waals surface area (Å²) in [5, 5.41) is 31.7. The van der Waals surface area contributed by atoms with Crippen LogP contribution in [0.3, 0.4) is 0 Å². The van der Waals surface area contributed by atoms with Gasteiger partial charge in [-0.2, -0.15) is 10.4 Å². The second-order valence-corrected chi connectivity index (χ2v) is 13.8. The fourth-order valence-electron chi connectivity index (χ4n) is 6.89. The van der Waals surface area contributed by atoms with Gasteiger partial charge in [0.25, 0.3) is 0 Å². The third kappa shape index (κ3) is 5.28. The zero-order chi connectivity index (χ0) is 30.4. The molecule has 1 aliphatic carbocycles. The molecule has 4 aromatic heterocycles. The van der Waals surface area contributed by atoms with Crippen molar-refractivity contribution >= 4 is 33.6 Å². The number of fused-ring (bicyclic) bond motifs is 3. The van der Waals surface area contributed by atoms with E-state index in [0.717, 1.165) is 77.1 Å². The molecule has 44 heavy (non-hydrogen) atoms. The summed E-state index contributed by atoms with van der Waals surface area (Å²) >= 11 is 1.59. The van der Waals surface area contributed by atoms with Crippen LogP contribution in [0.25, 0.3) is 27.5 Å². The Morgan fingerprint density at radius 1 is 1.14 bits per heavy atom. The third-order valence-corrected chi connectivity index (χ3v) is 10.4. The second-order valence-electron chi connectivity index (χ2n) is 12.9. The van der Waals surface area contributed by atoms with E-state index in [0.29, 0.717) is 30.6 Å². The molecule has 2 N–H and O–H groups in total. The number of piperidine rings is 1. The minimum atomic E-state index is -0.333. The third-order valence-electron chi connectivity index (χ3n) is 9.43. The quantitative estimate of drug-likeness (QED) is 0.304. The number of ether oxygens (including phenoxy) is 1. The Morgan fingerprint density at radius 2 is 1.91 bits per heavy atom. The van der Waals surface area contributed by atoms with Crippen molar-refractivity contribution in [1.82, 2.24) is 30.1 Å². The summed E-state index contributed by atoms with van der Waals surface area (Å²) < 4.78 is 7.31. The number of rotatable bonds is 7. The van der Waals surface area contributed by atoms with Crippen LogP contribution < -0.4 is 15.5 Å². The zero-order valence-corrected chi connectivity index (χ0v) is 26.1. The van der Waals surface area contributed by atoms with Crippen LogP contribution in [0.2, 0.25) is 0 Å². The van der Waals surface area contributed by atoms with Gasteiger partial charge in [0.05, 0.1) is 39.6 Å². The zero-order valence-electron chi connectivity index (χ0n) is 25.3. The van der Waals surface area contributed by atoms with Crippen molar-refractivity contribution in [3.05, 3.63) is 42.2 Å². The lowest BCUT2D eigenvalue weighted by atomic mass is 9.80. The predicted molar refractivity (Wildman–Crippen MR) is 169 cm³/mol. The molecule has 3 atom stereocenters. The molecule has 0 radical (unpaired) electrons. The molecule has 1 amide bonds. The van der Waals surface area contributed by atoms with Crippen molar-refractivity contribution in [2.45, 2.75) is 58.5 Å². The standard InChI is InChI=1S/C32H37N9O2S/c1-19(2)36-25-13-26(27-7-6-23-12-20(14-33)15-35-41(23)27)34-16-24(25)29-38-39-31(44-29)40-17-21-4-5-22(18-40)28(21)37-30(42)32(3)8-10-43-11-9-32/h6-7,12-13,15-16,19,21-22,28H,4-5,8-11,17-18H2,1-3H3,(H,34,36)(H,37,42)/t21-,22+,28?. The van der Waals surface area contributed by atoms with Crippen LogP contribution in [0.4, 0.5) is 10.8 Å². The highest BCUT2D eigenvalue weighted by molar-refractivity contribution is 7.18. The molecule has 11 nitrogen and oxygen atoms in total. The molecule has 6 heterocycles. The number of hydrogen-bond donors (Lipinski definition) is 2. The summed E-state index contributed by atoms with van der Waals surface area (Å²) in [7, 11) is 0. The van der Waals surface area contributed by atoms with Crippen LogP contribution in [0.5, 0.6) is 0 Å². The van der Waals surface area contributed by atoms with E-state index < -0.39 is 0 Å². The Balaban J connectivity index is 1.10. The van der Waals surface area contributed by atoms with Crippen LogP contribution in [-0.4, -0.2) is 69.1 Å². The molecule has 2 bridgehead atoms. The van der Waals surface area contributed by atoms with Crippen LogP contribution in [-0.2, 0) is 9.53 Å². The maximum atomic E-state index is 13.3. The SMILES string of the molecule is CC(C)Nc1cc(-c2ccc3cc(C#N)cnn23)ncc1-c1nnc(N2C[C@H]3CC[C@@H](C2)C3NC(=O)C2(C)CCOCC2)s1. The number of nitriles is 1. The molecule has 4 aromatic rings. The van der Waals surface area contributed by atoms with Gasteiger partial charge in [-0.1, -0.05) is 18.3 Å². The fourth-order valence-corrected chi connectivity index (χ4v) is 7.78. The van der Waals surface area contributed by atoms with E-state index in [1.165, 1.54) is 0 Å². The van der Waals surface area contributed by atoms with Crippen LogP contribution in [0, 0.1) is 28.6 Å². The number of pyridine rings is 1. The van der Waals surface area contributed by atoms with Crippen molar-refractivity contribution in [2.24, 2.45) is 17.3 Å². The first kappa shape index (κ1) is 28.7. The number of carbonyl (C=O) groups excluding carboxylic acids is 1. The Kier molecular flexibility index (Phi) is 7.46. The summed E-state index contributed by atoms with van der Waals surface area (Å²) in [6, 6.07) is 10.3. The Bertz CT molecular complexity index is 1720. The minimum Gasteiger partial charge on any atom is -0.382 e. The lowest BCUT2D eigenvalue weighted by Crippen LogP contribution is -2.55. The molecule has 2 aliphatic heterocycles. The molecule has 7 rings (SSSR count). The first-order valence-electron chi connectivity index (χ1n) is 15.4. The molecule has 1 unspecified atom stereocenters. The van der Waals surface area contributed by atoms with Gasteiger partial charge in [-0.15, -0.1) is 10.2 Å². The summed E-state index contributed by atoms with van der Waals surface area (Å²) in [5.41, 5.74) is 4.48. The maximum Gasteiger partial charge on any atom is 0.226 e. The van der Waals surface area contributed by atoms with E-state index in [9.17, 15) is 10.1 Å². The van der Waals surface area contributed by atoms with Gasteiger partial charge < -0.3 is 20.3 Å². The molecule has 12 heteroatoms. The highest BCUT2D eigenvalue weighted by atomic mass is 32.1. The molecular weight excluding hydrogens is 574 g/mol. The van der Waals surface area contributed by atoms with Crippen molar-refractivity contribution in [3.8, 4) is 28.0 Å². The normalized spacial score (nSPS) is 22.7. The highest BCUT2D eigenvalue weighted by Gasteiger charge is 2.46. The number of hydrogen-bond acceptors (Lipinski definition) is 10. The van der Waals surface area contributed by atoms with E-state index in [1.807, 2.05) is 30.5 Å². The van der Waals surface area contributed by atoms with E-state index in [4.69, 9.17) is 9.72 Å². The average Bonchev–Trinajstić information content (AvgIpc) is 3.73. The summed E-state index contributed by atoms with van der Waals surface area (Å²) in [6.07, 6.45) is 7.23.